The number of fused-ring (bicyclic) bond motifs is 1. The summed E-state index contributed by atoms with van der Waals surface area (Å²) < 4.78 is 0. The lowest BCUT2D eigenvalue weighted by Crippen LogP contribution is -2.34. The highest BCUT2D eigenvalue weighted by atomic mass is 15.3. The molecule has 2 aliphatic rings. The van der Waals surface area contributed by atoms with Crippen LogP contribution in [0.2, 0.25) is 0 Å². The van der Waals surface area contributed by atoms with E-state index in [0.717, 1.165) is 12.2 Å². The summed E-state index contributed by atoms with van der Waals surface area (Å²) in [5, 5.41) is 14.7. The predicted octanol–water partition coefficient (Wildman–Crippen LogP) is 5.74. The molecule has 1 unspecified atom stereocenters. The van der Waals surface area contributed by atoms with Gasteiger partial charge < -0.3 is 10.2 Å². The van der Waals surface area contributed by atoms with Crippen molar-refractivity contribution in [3.05, 3.63) is 70.8 Å². The SMILES string of the molecule is Cc1cccc2c(NC(=N)N3CC4CCCc5cccc3c54)ccc(C)c12. The van der Waals surface area contributed by atoms with Gasteiger partial charge in [-0.2, -0.15) is 0 Å². The molecule has 1 aliphatic carbocycles. The molecular weight excluding hydrogens is 330 g/mol. The average Bonchev–Trinajstić information content (AvgIpc) is 3.05. The zero-order valence-electron chi connectivity index (χ0n) is 16.0. The third-order valence-corrected chi connectivity index (χ3v) is 6.25. The van der Waals surface area contributed by atoms with Crippen LogP contribution in [0.4, 0.5) is 11.4 Å². The van der Waals surface area contributed by atoms with E-state index in [4.69, 9.17) is 5.41 Å². The molecule has 5 rings (SSSR count). The van der Waals surface area contributed by atoms with Crippen LogP contribution in [0.3, 0.4) is 0 Å². The first kappa shape index (κ1) is 16.4. The van der Waals surface area contributed by atoms with Crippen molar-refractivity contribution in [3.8, 4) is 0 Å². The van der Waals surface area contributed by atoms with Crippen molar-refractivity contribution in [2.24, 2.45) is 0 Å². The molecule has 27 heavy (non-hydrogen) atoms. The van der Waals surface area contributed by atoms with E-state index >= 15 is 0 Å². The number of hydrogen-bond donors (Lipinski definition) is 2. The van der Waals surface area contributed by atoms with Gasteiger partial charge >= 0.3 is 0 Å². The molecule has 2 N–H and O–H groups in total. The summed E-state index contributed by atoms with van der Waals surface area (Å²) in [6, 6.07) is 17.3. The molecule has 0 amide bonds. The van der Waals surface area contributed by atoms with Crippen molar-refractivity contribution < 1.29 is 0 Å². The molecule has 3 nitrogen and oxygen atoms in total. The smallest absolute Gasteiger partial charge is 0.200 e. The van der Waals surface area contributed by atoms with Gasteiger partial charge in [0.1, 0.15) is 0 Å². The first-order valence-corrected chi connectivity index (χ1v) is 9.87. The fourth-order valence-electron chi connectivity index (χ4n) is 5.02. The Morgan fingerprint density at radius 2 is 1.85 bits per heavy atom. The first-order valence-electron chi connectivity index (χ1n) is 9.87. The molecule has 0 aromatic heterocycles. The third kappa shape index (κ3) is 2.53. The van der Waals surface area contributed by atoms with E-state index < -0.39 is 0 Å². The number of hydrogen-bond acceptors (Lipinski definition) is 1. The van der Waals surface area contributed by atoms with Crippen molar-refractivity contribution in [1.29, 1.82) is 5.41 Å². The van der Waals surface area contributed by atoms with Crippen LogP contribution in [0.5, 0.6) is 0 Å². The van der Waals surface area contributed by atoms with E-state index in [0.29, 0.717) is 11.9 Å². The lowest BCUT2D eigenvalue weighted by Gasteiger charge is -2.22. The van der Waals surface area contributed by atoms with E-state index in [1.165, 1.54) is 58.0 Å². The number of anilines is 2. The molecular formula is C24H25N3. The second kappa shape index (κ2) is 6.12. The van der Waals surface area contributed by atoms with Crippen molar-refractivity contribution >= 4 is 28.1 Å². The minimum Gasteiger partial charge on any atom is -0.326 e. The van der Waals surface area contributed by atoms with Crippen molar-refractivity contribution in [3.63, 3.8) is 0 Å². The summed E-state index contributed by atoms with van der Waals surface area (Å²) in [6.07, 6.45) is 3.67. The quantitative estimate of drug-likeness (QED) is 0.431. The van der Waals surface area contributed by atoms with Crippen LogP contribution in [0.1, 0.15) is 41.0 Å². The van der Waals surface area contributed by atoms with E-state index in [9.17, 15) is 0 Å². The molecule has 0 saturated heterocycles. The zero-order chi connectivity index (χ0) is 18.5. The zero-order valence-corrected chi connectivity index (χ0v) is 16.0. The number of nitrogens with zero attached hydrogens (tertiary/aromatic N) is 1. The van der Waals surface area contributed by atoms with Crippen LogP contribution in [-0.4, -0.2) is 12.5 Å². The van der Waals surface area contributed by atoms with E-state index in [1.54, 1.807) is 0 Å². The number of benzene rings is 3. The number of nitrogens with one attached hydrogen (secondary N) is 2. The van der Waals surface area contributed by atoms with Gasteiger partial charge in [0.15, 0.2) is 5.96 Å². The molecule has 3 aromatic carbocycles. The van der Waals surface area contributed by atoms with Crippen LogP contribution < -0.4 is 10.2 Å². The van der Waals surface area contributed by atoms with Crippen molar-refractivity contribution in [1.82, 2.24) is 0 Å². The van der Waals surface area contributed by atoms with Gasteiger partial charge in [-0.1, -0.05) is 36.4 Å². The summed E-state index contributed by atoms with van der Waals surface area (Å²) in [4.78, 5) is 2.16. The Morgan fingerprint density at radius 3 is 2.74 bits per heavy atom. The molecule has 0 bridgehead atoms. The van der Waals surface area contributed by atoms with E-state index in [2.05, 4.69) is 72.6 Å². The average molecular weight is 355 g/mol. The summed E-state index contributed by atoms with van der Waals surface area (Å²) in [5.74, 6) is 1.05. The Balaban J connectivity index is 1.51. The van der Waals surface area contributed by atoms with E-state index in [1.807, 2.05) is 0 Å². The van der Waals surface area contributed by atoms with Gasteiger partial charge in [0.2, 0.25) is 0 Å². The first-order chi connectivity index (χ1) is 13.1. The van der Waals surface area contributed by atoms with Gasteiger partial charge in [0, 0.05) is 29.2 Å². The lowest BCUT2D eigenvalue weighted by molar-refractivity contribution is 0.584. The second-order valence-corrected chi connectivity index (χ2v) is 7.95. The van der Waals surface area contributed by atoms with Crippen molar-refractivity contribution in [2.75, 3.05) is 16.8 Å². The molecule has 3 heteroatoms. The Bertz CT molecular complexity index is 1060. The fourth-order valence-corrected chi connectivity index (χ4v) is 5.02. The fraction of sp³-hybridized carbons (Fsp3) is 0.292. The third-order valence-electron chi connectivity index (χ3n) is 6.25. The predicted molar refractivity (Wildman–Crippen MR) is 114 cm³/mol. The Hall–Kier alpha value is -2.81. The molecule has 0 radical (unpaired) electrons. The number of rotatable bonds is 1. The number of aryl methyl sites for hydroxylation is 3. The Kier molecular flexibility index (Phi) is 3.71. The van der Waals surface area contributed by atoms with Gasteiger partial charge in [-0.25, -0.2) is 0 Å². The van der Waals surface area contributed by atoms with Crippen LogP contribution in [0.25, 0.3) is 10.8 Å². The molecule has 1 atom stereocenters. The largest absolute Gasteiger partial charge is 0.326 e. The van der Waals surface area contributed by atoms with Crippen LogP contribution in [0.15, 0.2) is 48.5 Å². The van der Waals surface area contributed by atoms with Gasteiger partial charge in [-0.15, -0.1) is 0 Å². The maximum absolute atomic E-state index is 8.81. The molecule has 136 valence electrons. The van der Waals surface area contributed by atoms with Gasteiger partial charge in [-0.3, -0.25) is 5.41 Å². The molecule has 0 fully saturated rings. The maximum Gasteiger partial charge on any atom is 0.200 e. The Labute approximate surface area is 160 Å². The van der Waals surface area contributed by atoms with Crippen LogP contribution >= 0.6 is 0 Å². The summed E-state index contributed by atoms with van der Waals surface area (Å²) >= 11 is 0. The monoisotopic (exact) mass is 355 g/mol. The van der Waals surface area contributed by atoms with E-state index in [-0.39, 0.29) is 0 Å². The standard InChI is InChI=1S/C24H25N3/c1-15-6-3-10-19-20(13-12-16(2)22(15)19)26-24(25)27-14-18-9-4-7-17-8-5-11-21(27)23(17)18/h3,5-6,8,10-13,18H,4,7,9,14H2,1-2H3,(H2,25,26). The maximum atomic E-state index is 8.81. The topological polar surface area (TPSA) is 39.1 Å². The molecule has 0 saturated carbocycles. The molecule has 3 aromatic rings. The minimum atomic E-state index is 0.476. The summed E-state index contributed by atoms with van der Waals surface area (Å²) in [7, 11) is 0. The van der Waals surface area contributed by atoms with Gasteiger partial charge in [-0.05, 0) is 72.9 Å². The normalized spacial score (nSPS) is 17.9. The molecule has 1 aliphatic heterocycles. The highest BCUT2D eigenvalue weighted by Gasteiger charge is 2.34. The highest BCUT2D eigenvalue weighted by molar-refractivity contribution is 6.10. The summed E-state index contributed by atoms with van der Waals surface area (Å²) in [6.45, 7) is 5.23. The highest BCUT2D eigenvalue weighted by Crippen LogP contribution is 2.44. The Morgan fingerprint density at radius 1 is 1.04 bits per heavy atom. The van der Waals surface area contributed by atoms with Crippen molar-refractivity contribution in [2.45, 2.75) is 39.0 Å². The number of guanidine groups is 1. The molecule has 1 heterocycles. The second-order valence-electron chi connectivity index (χ2n) is 7.95. The minimum absolute atomic E-state index is 0.476. The summed E-state index contributed by atoms with van der Waals surface area (Å²) in [5.41, 5.74) is 7.77. The van der Waals surface area contributed by atoms with Gasteiger partial charge in [0.05, 0.1) is 0 Å². The van der Waals surface area contributed by atoms with Gasteiger partial charge in [0.25, 0.3) is 0 Å². The van der Waals surface area contributed by atoms with Crippen LogP contribution in [-0.2, 0) is 6.42 Å². The van der Waals surface area contributed by atoms with Crippen LogP contribution in [0, 0.1) is 19.3 Å². The lowest BCUT2D eigenvalue weighted by atomic mass is 9.84. The molecule has 0 spiro atoms.